The number of nitrogens with zero attached hydrogens (tertiary/aromatic N) is 6. The van der Waals surface area contributed by atoms with Gasteiger partial charge in [-0.2, -0.15) is 0 Å². The van der Waals surface area contributed by atoms with Gasteiger partial charge in [0.1, 0.15) is 0 Å². The van der Waals surface area contributed by atoms with Crippen molar-refractivity contribution in [3.8, 4) is 0 Å². The van der Waals surface area contributed by atoms with Gasteiger partial charge in [-0.3, -0.25) is 19.2 Å². The van der Waals surface area contributed by atoms with Gasteiger partial charge in [-0.05, 0) is 0 Å². The van der Waals surface area contributed by atoms with Crippen LogP contribution in [0.2, 0.25) is 0 Å². The van der Waals surface area contributed by atoms with Crippen molar-refractivity contribution >= 4 is 23.6 Å². The highest BCUT2D eigenvalue weighted by Crippen LogP contribution is 2.03. The van der Waals surface area contributed by atoms with E-state index in [1.807, 2.05) is 14.1 Å². The summed E-state index contributed by atoms with van der Waals surface area (Å²) in [6.45, 7) is 9.66. The fraction of sp³-hybridized carbons (Fsp3) is 0.872. The van der Waals surface area contributed by atoms with E-state index < -0.39 is 0 Å². The number of nitrogens with one attached hydrogen (secondary N) is 4. The van der Waals surface area contributed by atoms with E-state index in [1.165, 1.54) is 0 Å². The summed E-state index contributed by atoms with van der Waals surface area (Å²) in [6, 6.07) is 0. The summed E-state index contributed by atoms with van der Waals surface area (Å²) in [6.07, 6.45) is 4.94. The molecule has 0 aliphatic rings. The third kappa shape index (κ3) is 45.2. The first kappa shape index (κ1) is 63.7. The lowest BCUT2D eigenvalue weighted by Gasteiger charge is -2.32. The number of hydrogen-bond donors (Lipinski definition) is 4. The van der Waals surface area contributed by atoms with Crippen molar-refractivity contribution in [3.05, 3.63) is 7.05 Å². The lowest BCUT2D eigenvalue weighted by atomic mass is 10.2. The molecule has 0 heterocycles. The summed E-state index contributed by atoms with van der Waals surface area (Å²) in [5, 5.41) is 12.2. The van der Waals surface area contributed by atoms with Crippen molar-refractivity contribution < 1.29 is 74.3 Å². The zero-order valence-electron chi connectivity index (χ0n) is 36.7. The Kier molecular flexibility index (Phi) is 37.9. The van der Waals surface area contributed by atoms with Crippen LogP contribution < -0.4 is 58.5 Å². The zero-order valence-corrected chi connectivity index (χ0v) is 39.0. The highest BCUT2D eigenvalue weighted by molar-refractivity contribution is 5.77. The van der Waals surface area contributed by atoms with Gasteiger partial charge in [0.15, 0.2) is 0 Å². The Morgan fingerprint density at radius 2 is 0.625 bits per heavy atom. The first-order valence-electron chi connectivity index (χ1n) is 19.5. The molecule has 0 saturated heterocycles. The van der Waals surface area contributed by atoms with Gasteiger partial charge < -0.3 is 86.2 Å². The molecule has 4 amide bonds. The molecule has 0 spiro atoms. The van der Waals surface area contributed by atoms with E-state index in [4.69, 9.17) is 0 Å². The Balaban J connectivity index is -0.00000217. The molecular formula is C39H87Cl3N10O4. The van der Waals surface area contributed by atoms with Crippen LogP contribution in [-0.4, -0.2) is 221 Å². The predicted octanol–water partition coefficient (Wildman–Crippen LogP) is -8.19. The summed E-state index contributed by atoms with van der Waals surface area (Å²) in [7, 11) is 27.4. The van der Waals surface area contributed by atoms with Crippen LogP contribution in [-0.2, 0) is 19.2 Å². The quantitative estimate of drug-likeness (QED) is 0.0313. The standard InChI is InChI=1S/C38H80N10O4.CH4.3ClH/c1-45(2,3)31-13-21-39-35(49)17-25-43(26-18-36(50)40-22-14-32-46(4,5)6)29-30-44(27-19-37(51)41-23-15-33-47(7,8)9)28-20-38(52)42-24-16-34-48(10,11)12;;;;/h1,13-34H2,2-12H3,(H-3,39,40,41,42,49,50,51,52);1H4;3*1H. The molecule has 0 aliphatic carbocycles. The molecule has 338 valence electrons. The van der Waals surface area contributed by atoms with E-state index >= 15 is 0 Å². The molecule has 0 aliphatic heterocycles. The SMILES string of the molecule is C.[CH2-][N+](C)(C)CCCNC(=O)CCN(CCC(=O)NCCC[N+](C)(C)C)CCN(CCC(=O)NCCC[N+](C)(C)C)CCC(=O)NCCC[N+](C)(C)C.[Cl-].[Cl-].[Cl-]. The second kappa shape index (κ2) is 33.4. The fourth-order valence-corrected chi connectivity index (χ4v) is 5.42. The van der Waals surface area contributed by atoms with Crippen LogP contribution in [0.3, 0.4) is 0 Å². The second-order valence-corrected chi connectivity index (χ2v) is 18.2. The van der Waals surface area contributed by atoms with Crippen molar-refractivity contribution in [2.45, 2.75) is 58.8 Å². The summed E-state index contributed by atoms with van der Waals surface area (Å²) in [5.74, 6) is 0.00988. The van der Waals surface area contributed by atoms with E-state index in [2.05, 4.69) is 102 Å². The average Bonchev–Trinajstić information content (AvgIpc) is 3.00. The van der Waals surface area contributed by atoms with E-state index in [0.717, 1.165) is 65.3 Å². The molecule has 56 heavy (non-hydrogen) atoms. The summed E-state index contributed by atoms with van der Waals surface area (Å²) < 4.78 is 3.16. The Hall–Kier alpha value is -1.49. The van der Waals surface area contributed by atoms with Gasteiger partial charge in [0.05, 0.1) is 89.6 Å². The van der Waals surface area contributed by atoms with Crippen molar-refractivity contribution in [1.82, 2.24) is 31.1 Å². The third-order valence-corrected chi connectivity index (χ3v) is 8.60. The van der Waals surface area contributed by atoms with Crippen molar-refractivity contribution in [3.63, 3.8) is 0 Å². The van der Waals surface area contributed by atoms with Gasteiger partial charge in [-0.25, -0.2) is 0 Å². The van der Waals surface area contributed by atoms with E-state index in [0.29, 0.717) is 95.6 Å². The maximum atomic E-state index is 12.8. The smallest absolute Gasteiger partial charge is 0.221 e. The maximum absolute atomic E-state index is 12.8. The van der Waals surface area contributed by atoms with Gasteiger partial charge in [0.2, 0.25) is 23.6 Å². The molecule has 14 nitrogen and oxygen atoms in total. The predicted molar refractivity (Wildman–Crippen MR) is 220 cm³/mol. The van der Waals surface area contributed by atoms with Gasteiger partial charge in [-0.15, -0.1) is 7.05 Å². The first-order chi connectivity index (χ1) is 23.9. The molecule has 4 N–H and O–H groups in total. The molecule has 0 fully saturated rings. The first-order valence-corrected chi connectivity index (χ1v) is 19.5. The Labute approximate surface area is 362 Å². The summed E-state index contributed by atoms with van der Waals surface area (Å²) >= 11 is 0. The van der Waals surface area contributed by atoms with Crippen LogP contribution in [0, 0.1) is 7.05 Å². The molecule has 0 saturated carbocycles. The van der Waals surface area contributed by atoms with Gasteiger partial charge in [0, 0.05) is 131 Å². The van der Waals surface area contributed by atoms with E-state index in [-0.39, 0.29) is 68.3 Å². The highest BCUT2D eigenvalue weighted by atomic mass is 35.5. The molecule has 0 aromatic heterocycles. The maximum Gasteiger partial charge on any atom is 0.221 e. The molecule has 0 aromatic rings. The number of carbonyl (C=O) groups is 4. The summed E-state index contributed by atoms with van der Waals surface area (Å²) in [4.78, 5) is 55.3. The average molecular weight is 867 g/mol. The van der Waals surface area contributed by atoms with Crippen LogP contribution in [0.4, 0.5) is 0 Å². The number of quaternary nitrogens is 4. The minimum Gasteiger partial charge on any atom is -1.00 e. The number of hydrogen-bond acceptors (Lipinski definition) is 6. The summed E-state index contributed by atoms with van der Waals surface area (Å²) in [5.41, 5.74) is 0. The number of halogens is 3. The normalized spacial score (nSPS) is 11.8. The Bertz CT molecular complexity index is 875. The van der Waals surface area contributed by atoms with Crippen molar-refractivity contribution in [2.24, 2.45) is 0 Å². The van der Waals surface area contributed by atoms with Gasteiger partial charge >= 0.3 is 0 Å². The number of amides is 4. The van der Waals surface area contributed by atoms with Crippen molar-refractivity contribution in [2.75, 3.05) is 169 Å². The molecule has 0 rings (SSSR count). The third-order valence-electron chi connectivity index (χ3n) is 8.60. The lowest BCUT2D eigenvalue weighted by Crippen LogP contribution is -3.00. The molecule has 0 atom stereocenters. The van der Waals surface area contributed by atoms with Crippen LogP contribution in [0.25, 0.3) is 0 Å². The zero-order chi connectivity index (χ0) is 39.8. The van der Waals surface area contributed by atoms with E-state index in [9.17, 15) is 19.2 Å². The molecule has 0 bridgehead atoms. The molecule has 0 unspecified atom stereocenters. The van der Waals surface area contributed by atoms with Crippen LogP contribution >= 0.6 is 0 Å². The highest BCUT2D eigenvalue weighted by Gasteiger charge is 2.17. The van der Waals surface area contributed by atoms with Crippen LogP contribution in [0.5, 0.6) is 0 Å². The molecule has 0 radical (unpaired) electrons. The second-order valence-electron chi connectivity index (χ2n) is 18.2. The molecule has 0 aromatic carbocycles. The van der Waals surface area contributed by atoms with Crippen LogP contribution in [0.15, 0.2) is 0 Å². The molecule has 17 heteroatoms. The Morgan fingerprint density at radius 1 is 0.411 bits per heavy atom. The van der Waals surface area contributed by atoms with Crippen LogP contribution in [0.1, 0.15) is 58.8 Å². The largest absolute Gasteiger partial charge is 1.00 e. The monoisotopic (exact) mass is 865 g/mol. The molecular weight excluding hydrogens is 779 g/mol. The number of rotatable bonds is 31. The van der Waals surface area contributed by atoms with Gasteiger partial charge in [0.25, 0.3) is 0 Å². The van der Waals surface area contributed by atoms with E-state index in [1.54, 1.807) is 0 Å². The fourth-order valence-electron chi connectivity index (χ4n) is 5.42. The minimum atomic E-state index is -0.00940. The Morgan fingerprint density at radius 3 is 0.821 bits per heavy atom. The topological polar surface area (TPSA) is 123 Å². The lowest BCUT2D eigenvalue weighted by molar-refractivity contribution is -0.870. The van der Waals surface area contributed by atoms with Gasteiger partial charge in [-0.1, -0.05) is 7.43 Å². The van der Waals surface area contributed by atoms with Crippen molar-refractivity contribution in [1.29, 1.82) is 0 Å². The number of carbonyl (C=O) groups excluding carboxylic acids is 4. The minimum absolute atomic E-state index is 0.